The van der Waals surface area contributed by atoms with Crippen molar-refractivity contribution in [3.63, 3.8) is 0 Å². The van der Waals surface area contributed by atoms with Crippen molar-refractivity contribution in [1.82, 2.24) is 0 Å². The quantitative estimate of drug-likeness (QED) is 0.882. The SMILES string of the molecule is Cc1cccc(Cl)c1NCC1CCC(C(=O)O)O1. The van der Waals surface area contributed by atoms with Gasteiger partial charge in [-0.05, 0) is 31.4 Å². The molecule has 0 bridgehead atoms. The first-order valence-corrected chi connectivity index (χ1v) is 6.33. The maximum Gasteiger partial charge on any atom is 0.332 e. The Bertz CT molecular complexity index is 430. The van der Waals surface area contributed by atoms with Crippen molar-refractivity contribution in [2.24, 2.45) is 0 Å². The van der Waals surface area contributed by atoms with Gasteiger partial charge in [0, 0.05) is 6.54 Å². The van der Waals surface area contributed by atoms with Crippen molar-refractivity contribution in [1.29, 1.82) is 0 Å². The van der Waals surface area contributed by atoms with Gasteiger partial charge in [0.25, 0.3) is 0 Å². The molecule has 1 saturated heterocycles. The summed E-state index contributed by atoms with van der Waals surface area (Å²) >= 11 is 6.10. The van der Waals surface area contributed by atoms with Crippen LogP contribution in [0.2, 0.25) is 5.02 Å². The van der Waals surface area contributed by atoms with Crippen LogP contribution >= 0.6 is 11.6 Å². The van der Waals surface area contributed by atoms with Gasteiger partial charge in [-0.3, -0.25) is 0 Å². The third kappa shape index (κ3) is 2.94. The fourth-order valence-electron chi connectivity index (χ4n) is 2.11. The number of carboxylic acids is 1. The van der Waals surface area contributed by atoms with E-state index in [0.29, 0.717) is 18.0 Å². The molecule has 1 aromatic carbocycles. The predicted octanol–water partition coefficient (Wildman–Crippen LogP) is 2.69. The number of para-hydroxylation sites is 1. The summed E-state index contributed by atoms with van der Waals surface area (Å²) in [7, 11) is 0. The summed E-state index contributed by atoms with van der Waals surface area (Å²) < 4.78 is 5.42. The number of rotatable bonds is 4. The van der Waals surface area contributed by atoms with Crippen molar-refractivity contribution >= 4 is 23.3 Å². The summed E-state index contributed by atoms with van der Waals surface area (Å²) in [5.41, 5.74) is 1.96. The number of aryl methyl sites for hydroxylation is 1. The lowest BCUT2D eigenvalue weighted by atomic mass is 10.1. The Labute approximate surface area is 111 Å². The topological polar surface area (TPSA) is 58.6 Å². The third-order valence-corrected chi connectivity index (χ3v) is 3.43. The van der Waals surface area contributed by atoms with E-state index in [-0.39, 0.29) is 6.10 Å². The first-order chi connectivity index (χ1) is 8.58. The van der Waals surface area contributed by atoms with Crippen LogP contribution in [0.1, 0.15) is 18.4 Å². The van der Waals surface area contributed by atoms with Crippen molar-refractivity contribution in [3.05, 3.63) is 28.8 Å². The monoisotopic (exact) mass is 269 g/mol. The molecule has 0 spiro atoms. The highest BCUT2D eigenvalue weighted by Crippen LogP contribution is 2.26. The summed E-state index contributed by atoms with van der Waals surface area (Å²) in [6, 6.07) is 5.70. The lowest BCUT2D eigenvalue weighted by Gasteiger charge is -2.15. The van der Waals surface area contributed by atoms with Crippen molar-refractivity contribution in [2.45, 2.75) is 32.0 Å². The van der Waals surface area contributed by atoms with Gasteiger partial charge in [0.2, 0.25) is 0 Å². The van der Waals surface area contributed by atoms with Crippen molar-refractivity contribution in [3.8, 4) is 0 Å². The molecule has 2 N–H and O–H groups in total. The Balaban J connectivity index is 1.91. The Kier molecular flexibility index (Phi) is 4.09. The molecule has 1 aliphatic rings. The van der Waals surface area contributed by atoms with E-state index in [2.05, 4.69) is 5.32 Å². The number of hydrogen-bond acceptors (Lipinski definition) is 3. The molecule has 0 amide bonds. The molecule has 18 heavy (non-hydrogen) atoms. The second kappa shape index (κ2) is 5.59. The molecule has 4 nitrogen and oxygen atoms in total. The van der Waals surface area contributed by atoms with Crippen LogP contribution in [0.3, 0.4) is 0 Å². The van der Waals surface area contributed by atoms with Crippen LogP contribution in [0.4, 0.5) is 5.69 Å². The Hall–Kier alpha value is -1.26. The molecule has 2 unspecified atom stereocenters. The second-order valence-electron chi connectivity index (χ2n) is 4.47. The van der Waals surface area contributed by atoms with E-state index in [1.807, 2.05) is 25.1 Å². The zero-order valence-electron chi connectivity index (χ0n) is 10.1. The molecule has 1 aromatic rings. The molecule has 98 valence electrons. The van der Waals surface area contributed by atoms with E-state index in [1.165, 1.54) is 0 Å². The summed E-state index contributed by atoms with van der Waals surface area (Å²) in [5, 5.41) is 12.7. The van der Waals surface area contributed by atoms with Crippen LogP contribution in [-0.4, -0.2) is 29.8 Å². The molecule has 0 radical (unpaired) electrons. The summed E-state index contributed by atoms with van der Waals surface area (Å²) in [6.07, 6.45) is 0.599. The first kappa shape index (κ1) is 13.2. The van der Waals surface area contributed by atoms with E-state index in [9.17, 15) is 4.79 Å². The van der Waals surface area contributed by atoms with Crippen LogP contribution in [-0.2, 0) is 9.53 Å². The summed E-state index contributed by atoms with van der Waals surface area (Å²) in [4.78, 5) is 10.8. The number of ether oxygens (including phenoxy) is 1. The average Bonchev–Trinajstić information content (AvgIpc) is 2.77. The standard InChI is InChI=1S/C13H16ClNO3/c1-8-3-2-4-10(14)12(8)15-7-9-5-6-11(18-9)13(16)17/h2-4,9,11,15H,5-7H2,1H3,(H,16,17). The lowest BCUT2D eigenvalue weighted by Crippen LogP contribution is -2.24. The molecule has 1 aliphatic heterocycles. The molecule has 2 rings (SSSR count). The Morgan fingerprint density at radius 2 is 2.33 bits per heavy atom. The number of carboxylic acid groups (broad SMARTS) is 1. The number of halogens is 1. The molecule has 0 saturated carbocycles. The van der Waals surface area contributed by atoms with Crippen LogP contribution in [0.5, 0.6) is 0 Å². The third-order valence-electron chi connectivity index (χ3n) is 3.11. The van der Waals surface area contributed by atoms with Crippen LogP contribution in [0, 0.1) is 6.92 Å². The fourth-order valence-corrected chi connectivity index (χ4v) is 2.40. The first-order valence-electron chi connectivity index (χ1n) is 5.95. The Morgan fingerprint density at radius 3 is 2.94 bits per heavy atom. The van der Waals surface area contributed by atoms with Gasteiger partial charge >= 0.3 is 5.97 Å². The van der Waals surface area contributed by atoms with Gasteiger partial charge in [0.15, 0.2) is 6.10 Å². The molecule has 0 aliphatic carbocycles. The summed E-state index contributed by atoms with van der Waals surface area (Å²) in [6.45, 7) is 2.55. The van der Waals surface area contributed by atoms with E-state index in [0.717, 1.165) is 17.7 Å². The maximum absolute atomic E-state index is 10.8. The lowest BCUT2D eigenvalue weighted by molar-refractivity contribution is -0.149. The van der Waals surface area contributed by atoms with Crippen LogP contribution < -0.4 is 5.32 Å². The van der Waals surface area contributed by atoms with Gasteiger partial charge in [-0.15, -0.1) is 0 Å². The average molecular weight is 270 g/mol. The van der Waals surface area contributed by atoms with E-state index >= 15 is 0 Å². The second-order valence-corrected chi connectivity index (χ2v) is 4.88. The number of nitrogens with one attached hydrogen (secondary N) is 1. The number of benzene rings is 1. The normalized spacial score (nSPS) is 23.0. The van der Waals surface area contributed by atoms with Gasteiger partial charge < -0.3 is 15.2 Å². The molecule has 0 aromatic heterocycles. The highest BCUT2D eigenvalue weighted by Gasteiger charge is 2.30. The minimum atomic E-state index is -0.883. The van der Waals surface area contributed by atoms with Crippen molar-refractivity contribution < 1.29 is 14.6 Å². The van der Waals surface area contributed by atoms with Gasteiger partial charge in [-0.25, -0.2) is 4.79 Å². The molecule has 1 heterocycles. The Morgan fingerprint density at radius 1 is 1.56 bits per heavy atom. The van der Waals surface area contributed by atoms with Crippen LogP contribution in [0.15, 0.2) is 18.2 Å². The molecule has 1 fully saturated rings. The molecular formula is C13H16ClNO3. The summed E-state index contributed by atoms with van der Waals surface area (Å²) in [5.74, 6) is -0.883. The molecular weight excluding hydrogens is 254 g/mol. The number of aliphatic carboxylic acids is 1. The number of anilines is 1. The zero-order chi connectivity index (χ0) is 13.1. The predicted molar refractivity (Wildman–Crippen MR) is 70.2 cm³/mol. The molecule has 2 atom stereocenters. The molecule has 5 heteroatoms. The smallest absolute Gasteiger partial charge is 0.332 e. The van der Waals surface area contributed by atoms with Crippen LogP contribution in [0.25, 0.3) is 0 Å². The van der Waals surface area contributed by atoms with E-state index in [4.69, 9.17) is 21.4 Å². The van der Waals surface area contributed by atoms with Gasteiger partial charge in [-0.2, -0.15) is 0 Å². The van der Waals surface area contributed by atoms with E-state index in [1.54, 1.807) is 0 Å². The van der Waals surface area contributed by atoms with Gasteiger partial charge in [-0.1, -0.05) is 23.7 Å². The zero-order valence-corrected chi connectivity index (χ0v) is 10.9. The van der Waals surface area contributed by atoms with Gasteiger partial charge in [0.1, 0.15) is 0 Å². The minimum Gasteiger partial charge on any atom is -0.479 e. The minimum absolute atomic E-state index is 0.0678. The largest absolute Gasteiger partial charge is 0.479 e. The van der Waals surface area contributed by atoms with E-state index < -0.39 is 12.1 Å². The number of carbonyl (C=O) groups is 1. The number of hydrogen-bond donors (Lipinski definition) is 2. The maximum atomic E-state index is 10.8. The highest BCUT2D eigenvalue weighted by molar-refractivity contribution is 6.33. The fraction of sp³-hybridized carbons (Fsp3) is 0.462. The highest BCUT2D eigenvalue weighted by atomic mass is 35.5. The van der Waals surface area contributed by atoms with Gasteiger partial charge in [0.05, 0.1) is 16.8 Å². The van der Waals surface area contributed by atoms with Crippen molar-refractivity contribution in [2.75, 3.05) is 11.9 Å².